The van der Waals surface area contributed by atoms with Crippen molar-refractivity contribution in [2.45, 2.75) is 12.8 Å². The lowest BCUT2D eigenvalue weighted by Crippen LogP contribution is -2.19. The molecular formula is C11H19N3O. The van der Waals surface area contributed by atoms with Gasteiger partial charge in [0.1, 0.15) is 0 Å². The number of anilines is 2. The second kappa shape index (κ2) is 6.27. The summed E-state index contributed by atoms with van der Waals surface area (Å²) in [7, 11) is 0. The fourth-order valence-electron chi connectivity index (χ4n) is 1.39. The van der Waals surface area contributed by atoms with Gasteiger partial charge in [0, 0.05) is 18.0 Å². The monoisotopic (exact) mass is 209 g/mol. The molecule has 84 valence electrons. The van der Waals surface area contributed by atoms with E-state index in [0.717, 1.165) is 37.2 Å². The molecule has 0 atom stereocenters. The number of hydrogen-bond donors (Lipinski definition) is 4. The molecule has 0 unspecified atom stereocenters. The van der Waals surface area contributed by atoms with E-state index in [4.69, 9.17) is 16.6 Å². The first kappa shape index (κ1) is 11.8. The highest BCUT2D eigenvalue weighted by atomic mass is 16.3. The maximum atomic E-state index is 8.58. The Labute approximate surface area is 90.3 Å². The number of rotatable bonds is 6. The van der Waals surface area contributed by atoms with Crippen molar-refractivity contribution in [2.75, 3.05) is 31.2 Å². The van der Waals surface area contributed by atoms with Crippen LogP contribution in [0.4, 0.5) is 11.4 Å². The zero-order valence-corrected chi connectivity index (χ0v) is 8.87. The van der Waals surface area contributed by atoms with Crippen LogP contribution in [0.5, 0.6) is 0 Å². The molecule has 1 rings (SSSR count). The molecule has 0 aliphatic rings. The van der Waals surface area contributed by atoms with Crippen LogP contribution in [0.25, 0.3) is 0 Å². The lowest BCUT2D eigenvalue weighted by atomic mass is 10.1. The van der Waals surface area contributed by atoms with Crippen LogP contribution in [0.2, 0.25) is 0 Å². The average Bonchev–Trinajstić information content (AvgIpc) is 2.20. The molecule has 0 heterocycles. The summed E-state index contributed by atoms with van der Waals surface area (Å²) in [6, 6.07) is 5.60. The normalized spacial score (nSPS) is 10.5. The first-order valence-electron chi connectivity index (χ1n) is 5.19. The minimum Gasteiger partial charge on any atom is -0.399 e. The lowest BCUT2D eigenvalue weighted by Gasteiger charge is -2.07. The van der Waals surface area contributed by atoms with Crippen LogP contribution in [0.1, 0.15) is 12.0 Å². The molecule has 0 amide bonds. The fraction of sp³-hybridized carbons (Fsp3) is 0.455. The highest BCUT2D eigenvalue weighted by Crippen LogP contribution is 2.15. The van der Waals surface area contributed by atoms with Crippen molar-refractivity contribution in [3.8, 4) is 0 Å². The van der Waals surface area contributed by atoms with Gasteiger partial charge in [-0.2, -0.15) is 0 Å². The molecule has 0 saturated heterocycles. The van der Waals surface area contributed by atoms with Gasteiger partial charge in [0.25, 0.3) is 0 Å². The molecule has 0 bridgehead atoms. The van der Waals surface area contributed by atoms with E-state index in [1.54, 1.807) is 6.07 Å². The van der Waals surface area contributed by atoms with Crippen LogP contribution in [-0.2, 0) is 6.42 Å². The van der Waals surface area contributed by atoms with Crippen LogP contribution in [0.3, 0.4) is 0 Å². The summed E-state index contributed by atoms with van der Waals surface area (Å²) in [5.41, 5.74) is 14.0. The third-order valence-electron chi connectivity index (χ3n) is 2.25. The fourth-order valence-corrected chi connectivity index (χ4v) is 1.39. The number of nitrogens with two attached hydrogens (primary N) is 2. The van der Waals surface area contributed by atoms with E-state index in [9.17, 15) is 0 Å². The van der Waals surface area contributed by atoms with Gasteiger partial charge in [-0.1, -0.05) is 6.07 Å². The highest BCUT2D eigenvalue weighted by Gasteiger charge is 1.98. The molecule has 0 fully saturated rings. The van der Waals surface area contributed by atoms with E-state index >= 15 is 0 Å². The van der Waals surface area contributed by atoms with E-state index in [1.807, 2.05) is 12.1 Å². The standard InChI is InChI=1S/C11H19N3O/c12-10-3-2-9(11(13)8-10)4-6-14-5-1-7-15/h2-3,8,14-15H,1,4-7,12-13H2. The van der Waals surface area contributed by atoms with Crippen molar-refractivity contribution >= 4 is 11.4 Å². The molecule has 6 N–H and O–H groups in total. The predicted molar refractivity (Wildman–Crippen MR) is 63.5 cm³/mol. The summed E-state index contributed by atoms with van der Waals surface area (Å²) in [6.07, 6.45) is 1.68. The third kappa shape index (κ3) is 4.18. The maximum Gasteiger partial charge on any atom is 0.0443 e. The van der Waals surface area contributed by atoms with Crippen LogP contribution < -0.4 is 16.8 Å². The van der Waals surface area contributed by atoms with E-state index in [1.165, 1.54) is 0 Å². The Balaban J connectivity index is 2.31. The molecule has 1 aromatic rings. The Morgan fingerprint density at radius 3 is 2.67 bits per heavy atom. The van der Waals surface area contributed by atoms with Crippen molar-refractivity contribution in [1.29, 1.82) is 0 Å². The van der Waals surface area contributed by atoms with Crippen molar-refractivity contribution < 1.29 is 5.11 Å². The number of aliphatic hydroxyl groups excluding tert-OH is 1. The maximum absolute atomic E-state index is 8.58. The Hall–Kier alpha value is -1.26. The van der Waals surface area contributed by atoms with Gasteiger partial charge in [0.2, 0.25) is 0 Å². The van der Waals surface area contributed by atoms with E-state index in [0.29, 0.717) is 5.69 Å². The summed E-state index contributed by atoms with van der Waals surface area (Å²) < 4.78 is 0. The Morgan fingerprint density at radius 2 is 2.00 bits per heavy atom. The van der Waals surface area contributed by atoms with E-state index < -0.39 is 0 Å². The van der Waals surface area contributed by atoms with Crippen molar-refractivity contribution in [3.63, 3.8) is 0 Å². The van der Waals surface area contributed by atoms with Crippen LogP contribution in [0.15, 0.2) is 18.2 Å². The predicted octanol–water partition coefficient (Wildman–Crippen LogP) is 0.366. The SMILES string of the molecule is Nc1ccc(CCNCCCO)c(N)c1. The quantitative estimate of drug-likeness (QED) is 0.403. The zero-order chi connectivity index (χ0) is 11.1. The Bertz CT molecular complexity index is 302. The van der Waals surface area contributed by atoms with Gasteiger partial charge >= 0.3 is 0 Å². The van der Waals surface area contributed by atoms with Crippen LogP contribution in [0, 0.1) is 0 Å². The minimum atomic E-state index is 0.233. The lowest BCUT2D eigenvalue weighted by molar-refractivity contribution is 0.286. The molecule has 0 spiro atoms. The van der Waals surface area contributed by atoms with E-state index in [-0.39, 0.29) is 6.61 Å². The minimum absolute atomic E-state index is 0.233. The summed E-state index contributed by atoms with van der Waals surface area (Å²) in [5.74, 6) is 0. The first-order valence-corrected chi connectivity index (χ1v) is 5.19. The van der Waals surface area contributed by atoms with Gasteiger partial charge in [-0.05, 0) is 43.6 Å². The topological polar surface area (TPSA) is 84.3 Å². The first-order chi connectivity index (χ1) is 7.24. The van der Waals surface area contributed by atoms with E-state index in [2.05, 4.69) is 5.32 Å². The van der Waals surface area contributed by atoms with Gasteiger partial charge < -0.3 is 21.9 Å². The molecule has 4 nitrogen and oxygen atoms in total. The number of aliphatic hydroxyl groups is 1. The largest absolute Gasteiger partial charge is 0.399 e. The second-order valence-corrected chi connectivity index (χ2v) is 3.54. The number of nitrogen functional groups attached to an aromatic ring is 2. The van der Waals surface area contributed by atoms with Gasteiger partial charge in [-0.25, -0.2) is 0 Å². The Kier molecular flexibility index (Phi) is 4.93. The third-order valence-corrected chi connectivity index (χ3v) is 2.25. The molecule has 0 radical (unpaired) electrons. The van der Waals surface area contributed by atoms with Gasteiger partial charge in [-0.15, -0.1) is 0 Å². The molecule has 0 aliphatic carbocycles. The molecule has 4 heteroatoms. The van der Waals surface area contributed by atoms with Gasteiger partial charge in [0.15, 0.2) is 0 Å². The number of hydrogen-bond acceptors (Lipinski definition) is 4. The average molecular weight is 209 g/mol. The number of nitrogens with one attached hydrogen (secondary N) is 1. The van der Waals surface area contributed by atoms with Crippen LogP contribution in [-0.4, -0.2) is 24.8 Å². The molecule has 0 aromatic heterocycles. The Morgan fingerprint density at radius 1 is 1.20 bits per heavy atom. The zero-order valence-electron chi connectivity index (χ0n) is 8.87. The highest BCUT2D eigenvalue weighted by molar-refractivity contribution is 5.56. The summed E-state index contributed by atoms with van der Waals surface area (Å²) in [6.45, 7) is 1.94. The number of benzene rings is 1. The van der Waals surface area contributed by atoms with Crippen molar-refractivity contribution in [3.05, 3.63) is 23.8 Å². The molecule has 0 aliphatic heterocycles. The van der Waals surface area contributed by atoms with Crippen molar-refractivity contribution in [1.82, 2.24) is 5.32 Å². The summed E-state index contributed by atoms with van der Waals surface area (Å²) >= 11 is 0. The van der Waals surface area contributed by atoms with Gasteiger partial charge in [-0.3, -0.25) is 0 Å². The summed E-state index contributed by atoms with van der Waals surface area (Å²) in [4.78, 5) is 0. The van der Waals surface area contributed by atoms with Crippen LogP contribution >= 0.6 is 0 Å². The van der Waals surface area contributed by atoms with Gasteiger partial charge in [0.05, 0.1) is 0 Å². The molecule has 0 saturated carbocycles. The second-order valence-electron chi connectivity index (χ2n) is 3.54. The molecular weight excluding hydrogens is 190 g/mol. The molecule has 1 aromatic carbocycles. The molecule has 15 heavy (non-hydrogen) atoms. The summed E-state index contributed by atoms with van der Waals surface area (Å²) in [5, 5.41) is 11.8. The smallest absolute Gasteiger partial charge is 0.0443 e. The van der Waals surface area contributed by atoms with Crippen molar-refractivity contribution in [2.24, 2.45) is 0 Å².